The molecule has 1 fully saturated rings. The first-order valence-corrected chi connectivity index (χ1v) is 13.1. The highest BCUT2D eigenvalue weighted by Crippen LogP contribution is 2.36. The zero-order valence-corrected chi connectivity index (χ0v) is 24.0. The Bertz CT molecular complexity index is 1640. The molecular formula is C29H31Cl2N7O2. The number of anilines is 1. The van der Waals surface area contributed by atoms with Crippen molar-refractivity contribution < 1.29 is 9.26 Å². The van der Waals surface area contributed by atoms with Crippen LogP contribution in [0.1, 0.15) is 22.8 Å². The van der Waals surface area contributed by atoms with Gasteiger partial charge in [-0.15, -0.1) is 24.8 Å². The quantitative estimate of drug-likeness (QED) is 0.281. The van der Waals surface area contributed by atoms with Crippen molar-refractivity contribution in [1.29, 1.82) is 0 Å². The summed E-state index contributed by atoms with van der Waals surface area (Å²) in [5, 5.41) is 5.13. The summed E-state index contributed by atoms with van der Waals surface area (Å²) in [6.07, 6.45) is 2.75. The second-order valence-corrected chi connectivity index (χ2v) is 9.99. The molecule has 9 nitrogen and oxygen atoms in total. The molecule has 7 rings (SSSR count). The summed E-state index contributed by atoms with van der Waals surface area (Å²) in [5.41, 5.74) is 7.23. The maximum Gasteiger partial charge on any atom is 0.278 e. The number of para-hydroxylation sites is 1. The van der Waals surface area contributed by atoms with Crippen LogP contribution in [0, 0.1) is 13.8 Å². The number of fused-ring (bicyclic) bond motifs is 4. The SMILES string of the molecule is Cc1ccc2c(N3CCN(CCc4cccc5c4OCc4c(-c6nc(C)no6)ncn4-5)CC3)cccc2n1.Cl.Cl. The van der Waals surface area contributed by atoms with Crippen molar-refractivity contribution in [3.63, 3.8) is 0 Å². The topological polar surface area (TPSA) is 85.3 Å². The molecule has 11 heteroatoms. The number of benzene rings is 2. The molecule has 0 amide bonds. The van der Waals surface area contributed by atoms with Crippen LogP contribution in [0.3, 0.4) is 0 Å². The van der Waals surface area contributed by atoms with E-state index in [9.17, 15) is 0 Å². The highest BCUT2D eigenvalue weighted by atomic mass is 35.5. The predicted octanol–water partition coefficient (Wildman–Crippen LogP) is 5.19. The molecule has 5 aromatic rings. The maximum atomic E-state index is 6.29. The lowest BCUT2D eigenvalue weighted by molar-refractivity contribution is 0.255. The Hall–Kier alpha value is -3.66. The van der Waals surface area contributed by atoms with Gasteiger partial charge in [0.15, 0.2) is 11.5 Å². The number of piperazine rings is 1. The molecule has 0 saturated carbocycles. The van der Waals surface area contributed by atoms with Crippen LogP contribution in [0.25, 0.3) is 28.2 Å². The van der Waals surface area contributed by atoms with Crippen LogP contribution in [0.15, 0.2) is 59.4 Å². The molecule has 208 valence electrons. The second kappa shape index (κ2) is 11.4. The van der Waals surface area contributed by atoms with Gasteiger partial charge in [0, 0.05) is 49.5 Å². The number of aryl methyl sites for hydroxylation is 2. The number of rotatable bonds is 5. The first kappa shape index (κ1) is 27.9. The van der Waals surface area contributed by atoms with E-state index in [1.807, 2.05) is 13.3 Å². The van der Waals surface area contributed by atoms with E-state index in [2.05, 4.69) is 78.0 Å². The highest BCUT2D eigenvalue weighted by molar-refractivity contribution is 5.92. The summed E-state index contributed by atoms with van der Waals surface area (Å²) < 4.78 is 13.7. The van der Waals surface area contributed by atoms with Crippen molar-refractivity contribution in [2.75, 3.05) is 37.6 Å². The van der Waals surface area contributed by atoms with Gasteiger partial charge in [-0.05, 0) is 56.2 Å². The van der Waals surface area contributed by atoms with Crippen LogP contribution in [0.2, 0.25) is 0 Å². The van der Waals surface area contributed by atoms with Crippen LogP contribution >= 0.6 is 24.8 Å². The van der Waals surface area contributed by atoms with E-state index in [0.717, 1.165) is 67.5 Å². The molecule has 40 heavy (non-hydrogen) atoms. The minimum absolute atomic E-state index is 0. The summed E-state index contributed by atoms with van der Waals surface area (Å²) in [6, 6.07) is 17.1. The van der Waals surface area contributed by atoms with E-state index in [4.69, 9.17) is 14.2 Å². The van der Waals surface area contributed by atoms with E-state index in [0.29, 0.717) is 24.0 Å². The number of aromatic nitrogens is 5. The largest absolute Gasteiger partial charge is 0.485 e. The summed E-state index contributed by atoms with van der Waals surface area (Å²) in [4.78, 5) is 18.6. The van der Waals surface area contributed by atoms with Gasteiger partial charge >= 0.3 is 0 Å². The van der Waals surface area contributed by atoms with E-state index in [1.165, 1.54) is 16.6 Å². The second-order valence-electron chi connectivity index (χ2n) is 9.99. The third-order valence-corrected chi connectivity index (χ3v) is 7.54. The van der Waals surface area contributed by atoms with Gasteiger partial charge in [0.25, 0.3) is 5.89 Å². The fourth-order valence-corrected chi connectivity index (χ4v) is 5.56. The third-order valence-electron chi connectivity index (χ3n) is 7.54. The van der Waals surface area contributed by atoms with E-state index in [-0.39, 0.29) is 24.8 Å². The van der Waals surface area contributed by atoms with Gasteiger partial charge in [0.2, 0.25) is 0 Å². The average Bonchev–Trinajstić information content (AvgIpc) is 3.58. The fourth-order valence-electron chi connectivity index (χ4n) is 5.56. The molecule has 0 radical (unpaired) electrons. The molecule has 0 spiro atoms. The molecule has 3 aromatic heterocycles. The molecule has 5 heterocycles. The maximum absolute atomic E-state index is 6.29. The zero-order chi connectivity index (χ0) is 25.6. The predicted molar refractivity (Wildman–Crippen MR) is 159 cm³/mol. The Morgan fingerprint density at radius 1 is 0.875 bits per heavy atom. The Kier molecular flexibility index (Phi) is 7.98. The molecule has 2 aliphatic rings. The Labute approximate surface area is 245 Å². The monoisotopic (exact) mass is 579 g/mol. The number of nitrogens with zero attached hydrogens (tertiary/aromatic N) is 7. The molecule has 2 aromatic carbocycles. The zero-order valence-electron chi connectivity index (χ0n) is 22.4. The number of halogens is 2. The van der Waals surface area contributed by atoms with Crippen LogP contribution in [0.4, 0.5) is 5.69 Å². The summed E-state index contributed by atoms with van der Waals surface area (Å²) in [7, 11) is 0. The summed E-state index contributed by atoms with van der Waals surface area (Å²) in [5.74, 6) is 1.95. The molecule has 2 aliphatic heterocycles. The van der Waals surface area contributed by atoms with Gasteiger partial charge in [-0.1, -0.05) is 23.4 Å². The van der Waals surface area contributed by atoms with Crippen LogP contribution in [-0.2, 0) is 13.0 Å². The van der Waals surface area contributed by atoms with Gasteiger partial charge < -0.3 is 14.2 Å². The van der Waals surface area contributed by atoms with Gasteiger partial charge in [0.1, 0.15) is 18.7 Å². The third kappa shape index (κ3) is 5.00. The van der Waals surface area contributed by atoms with Gasteiger partial charge in [0.05, 0.1) is 16.9 Å². The average molecular weight is 581 g/mol. The number of imidazole rings is 1. The van der Waals surface area contributed by atoms with Crippen molar-refractivity contribution >= 4 is 41.4 Å². The number of pyridine rings is 1. The molecular weight excluding hydrogens is 549 g/mol. The van der Waals surface area contributed by atoms with Gasteiger partial charge in [-0.3, -0.25) is 14.5 Å². The molecule has 0 unspecified atom stereocenters. The van der Waals surface area contributed by atoms with E-state index >= 15 is 0 Å². The minimum Gasteiger partial charge on any atom is -0.485 e. The van der Waals surface area contributed by atoms with Crippen molar-refractivity contribution in [1.82, 2.24) is 29.6 Å². The number of hydrogen-bond acceptors (Lipinski definition) is 8. The summed E-state index contributed by atoms with van der Waals surface area (Å²) in [6.45, 7) is 9.33. The van der Waals surface area contributed by atoms with Crippen molar-refractivity contribution in [2.24, 2.45) is 0 Å². The number of hydrogen-bond donors (Lipinski definition) is 0. The van der Waals surface area contributed by atoms with Gasteiger partial charge in [-0.2, -0.15) is 4.98 Å². The molecule has 0 N–H and O–H groups in total. The highest BCUT2D eigenvalue weighted by Gasteiger charge is 2.26. The van der Waals surface area contributed by atoms with Crippen molar-refractivity contribution in [3.8, 4) is 23.0 Å². The lowest BCUT2D eigenvalue weighted by Gasteiger charge is -2.36. The van der Waals surface area contributed by atoms with Crippen LogP contribution in [0.5, 0.6) is 5.75 Å². The van der Waals surface area contributed by atoms with Gasteiger partial charge in [-0.25, -0.2) is 4.98 Å². The fraction of sp³-hybridized carbons (Fsp3) is 0.310. The Balaban J connectivity index is 0.00000161. The lowest BCUT2D eigenvalue weighted by Crippen LogP contribution is -2.47. The van der Waals surface area contributed by atoms with Crippen LogP contribution in [-0.4, -0.2) is 62.3 Å². The molecule has 0 bridgehead atoms. The first-order chi connectivity index (χ1) is 18.6. The van der Waals surface area contributed by atoms with E-state index < -0.39 is 0 Å². The minimum atomic E-state index is 0. The molecule has 0 aliphatic carbocycles. The molecule has 0 atom stereocenters. The van der Waals surface area contributed by atoms with Crippen LogP contribution < -0.4 is 9.64 Å². The van der Waals surface area contributed by atoms with E-state index in [1.54, 1.807) is 6.92 Å². The van der Waals surface area contributed by atoms with Crippen molar-refractivity contribution in [3.05, 3.63) is 77.6 Å². The Morgan fingerprint density at radius 3 is 2.48 bits per heavy atom. The smallest absolute Gasteiger partial charge is 0.278 e. The normalized spacial score (nSPS) is 14.6. The van der Waals surface area contributed by atoms with Crippen molar-refractivity contribution in [2.45, 2.75) is 26.9 Å². The standard InChI is InChI=1S/C29H29N7O2.2ClH/c1-19-9-10-22-23(31-19)6-4-7-24(22)35-15-13-34(14-16-35)12-11-21-5-3-8-25-28(21)37-17-26-27(30-18-36(25)26)29-32-20(2)33-38-29;;/h3-10,18H,11-17H2,1-2H3;2*1H. The number of ether oxygens (including phenoxy) is 1. The molecule has 1 saturated heterocycles. The lowest BCUT2D eigenvalue weighted by atomic mass is 10.1. The Morgan fingerprint density at radius 2 is 1.68 bits per heavy atom. The summed E-state index contributed by atoms with van der Waals surface area (Å²) >= 11 is 0. The first-order valence-electron chi connectivity index (χ1n) is 13.1.